The largest absolute Gasteiger partial charge is 0.477 e. The molecule has 0 bridgehead atoms. The summed E-state index contributed by atoms with van der Waals surface area (Å²) in [6.45, 7) is 1.96. The highest BCUT2D eigenvalue weighted by Crippen LogP contribution is 2.49. The van der Waals surface area contributed by atoms with E-state index in [-0.39, 0.29) is 28.0 Å². The molecule has 2 saturated carbocycles. The molecule has 1 aromatic heterocycles. The van der Waals surface area contributed by atoms with Crippen molar-refractivity contribution < 1.29 is 18.7 Å². The molecule has 1 saturated heterocycles. The van der Waals surface area contributed by atoms with E-state index in [1.165, 1.54) is 10.8 Å². The molecule has 31 heavy (non-hydrogen) atoms. The van der Waals surface area contributed by atoms with E-state index in [1.54, 1.807) is 0 Å². The van der Waals surface area contributed by atoms with Gasteiger partial charge in [0.1, 0.15) is 17.1 Å². The summed E-state index contributed by atoms with van der Waals surface area (Å²) < 4.78 is 32.7. The van der Waals surface area contributed by atoms with Crippen LogP contribution in [0.4, 0.5) is 14.5 Å². The van der Waals surface area contributed by atoms with Gasteiger partial charge >= 0.3 is 5.97 Å². The Morgan fingerprint density at radius 1 is 1.29 bits per heavy atom. The summed E-state index contributed by atoms with van der Waals surface area (Å²) in [5.74, 6) is -2.58. The number of nitrogens with one attached hydrogen (secondary N) is 1. The zero-order valence-electron chi connectivity index (χ0n) is 17.6. The topological polar surface area (TPSA) is 74.6 Å². The van der Waals surface area contributed by atoms with Crippen LogP contribution in [0.1, 0.15) is 54.9 Å². The van der Waals surface area contributed by atoms with E-state index in [0.717, 1.165) is 51.1 Å². The fraction of sp³-hybridized carbons (Fsp3) is 0.565. The highest BCUT2D eigenvalue weighted by molar-refractivity contribution is 5.94. The van der Waals surface area contributed by atoms with Gasteiger partial charge in [-0.3, -0.25) is 4.79 Å². The second-order valence-corrected chi connectivity index (χ2v) is 9.45. The average Bonchev–Trinajstić information content (AvgIpc) is 3.49. The van der Waals surface area contributed by atoms with E-state index in [4.69, 9.17) is 0 Å². The number of carbonyl (C=O) groups is 1. The van der Waals surface area contributed by atoms with Crippen LogP contribution < -0.4 is 15.6 Å². The van der Waals surface area contributed by atoms with Crippen LogP contribution >= 0.6 is 0 Å². The lowest BCUT2D eigenvalue weighted by atomic mass is 9.68. The van der Waals surface area contributed by atoms with Crippen molar-refractivity contribution >= 4 is 22.6 Å². The zero-order valence-corrected chi connectivity index (χ0v) is 17.6. The van der Waals surface area contributed by atoms with E-state index in [1.807, 2.05) is 11.9 Å². The van der Waals surface area contributed by atoms with E-state index in [9.17, 15) is 14.7 Å². The lowest BCUT2D eigenvalue weighted by Crippen LogP contribution is -2.41. The van der Waals surface area contributed by atoms with Crippen LogP contribution in [-0.4, -0.2) is 42.3 Å². The molecular formula is C23H27F2N3O3. The van der Waals surface area contributed by atoms with Crippen LogP contribution in [0, 0.1) is 23.0 Å². The van der Waals surface area contributed by atoms with Gasteiger partial charge in [0, 0.05) is 37.3 Å². The van der Waals surface area contributed by atoms with Gasteiger partial charge in [0.05, 0.1) is 10.9 Å². The van der Waals surface area contributed by atoms with E-state index in [2.05, 4.69) is 5.32 Å². The van der Waals surface area contributed by atoms with Crippen molar-refractivity contribution in [1.82, 2.24) is 9.88 Å². The van der Waals surface area contributed by atoms with Gasteiger partial charge in [0.15, 0.2) is 5.82 Å². The zero-order chi connectivity index (χ0) is 21.9. The molecule has 2 atom stereocenters. The summed E-state index contributed by atoms with van der Waals surface area (Å²) in [5.41, 5.74) is -1.37. The van der Waals surface area contributed by atoms with Crippen molar-refractivity contribution in [1.29, 1.82) is 0 Å². The summed E-state index contributed by atoms with van der Waals surface area (Å²) >= 11 is 0. The number of benzene rings is 1. The summed E-state index contributed by atoms with van der Waals surface area (Å²) in [4.78, 5) is 26.0. The fourth-order valence-electron chi connectivity index (χ4n) is 5.91. The van der Waals surface area contributed by atoms with Crippen LogP contribution in [0.3, 0.4) is 0 Å². The van der Waals surface area contributed by atoms with Gasteiger partial charge in [-0.25, -0.2) is 13.6 Å². The lowest BCUT2D eigenvalue weighted by molar-refractivity contribution is 0.0694. The number of pyridine rings is 1. The Morgan fingerprint density at radius 3 is 2.74 bits per heavy atom. The molecule has 2 heterocycles. The Morgan fingerprint density at radius 2 is 2.06 bits per heavy atom. The second kappa shape index (κ2) is 7.29. The predicted molar refractivity (Wildman–Crippen MR) is 114 cm³/mol. The number of hydrogen-bond acceptors (Lipinski definition) is 4. The lowest BCUT2D eigenvalue weighted by Gasteiger charge is -2.38. The van der Waals surface area contributed by atoms with Crippen molar-refractivity contribution in [3.63, 3.8) is 0 Å². The fourth-order valence-corrected chi connectivity index (χ4v) is 5.91. The monoisotopic (exact) mass is 431 g/mol. The van der Waals surface area contributed by atoms with Gasteiger partial charge in [-0.2, -0.15) is 0 Å². The van der Waals surface area contributed by atoms with Gasteiger partial charge in [0.25, 0.3) is 0 Å². The number of carboxylic acids is 1. The standard InChI is InChI=1S/C23H27F2N3O3/c1-26-11-23-7-3-2-4-13(23)9-27(12-23)20-17(24)8-15-19(18(20)25)28(14-5-6-14)10-16(21(15)29)22(30)31/h8,10,13-14,26H,2-7,9,11-12H2,1H3,(H,30,31)/t13-,23-/m1/s1. The molecule has 166 valence electrons. The number of aromatic nitrogens is 1. The summed E-state index contributed by atoms with van der Waals surface area (Å²) in [6, 6.07) is 0.972. The molecule has 5 rings (SSSR count). The maximum atomic E-state index is 15.9. The predicted octanol–water partition coefficient (Wildman–Crippen LogP) is 3.53. The Bertz CT molecular complexity index is 1120. The van der Waals surface area contributed by atoms with Crippen molar-refractivity contribution in [3.05, 3.63) is 39.7 Å². The van der Waals surface area contributed by atoms with Crippen molar-refractivity contribution in [2.75, 3.05) is 31.6 Å². The molecule has 1 aromatic carbocycles. The summed E-state index contributed by atoms with van der Waals surface area (Å²) in [6.07, 6.45) is 7.10. The van der Waals surface area contributed by atoms with Gasteiger partial charge < -0.3 is 19.9 Å². The highest BCUT2D eigenvalue weighted by atomic mass is 19.1. The minimum Gasteiger partial charge on any atom is -0.477 e. The molecule has 2 aliphatic carbocycles. The Labute approximate surface area is 178 Å². The van der Waals surface area contributed by atoms with E-state index < -0.39 is 28.6 Å². The minimum absolute atomic E-state index is 0.00976. The molecule has 1 aliphatic heterocycles. The first-order chi connectivity index (χ1) is 14.9. The summed E-state index contributed by atoms with van der Waals surface area (Å²) in [5, 5.41) is 12.5. The van der Waals surface area contributed by atoms with Gasteiger partial charge in [-0.1, -0.05) is 12.8 Å². The van der Waals surface area contributed by atoms with Gasteiger partial charge in [-0.15, -0.1) is 0 Å². The highest BCUT2D eigenvalue weighted by Gasteiger charge is 2.48. The number of anilines is 1. The van der Waals surface area contributed by atoms with Crippen molar-refractivity contribution in [3.8, 4) is 0 Å². The van der Waals surface area contributed by atoms with Crippen molar-refractivity contribution in [2.45, 2.75) is 44.6 Å². The number of fused-ring (bicyclic) bond motifs is 2. The number of halogens is 2. The molecule has 3 fully saturated rings. The molecular weight excluding hydrogens is 404 g/mol. The smallest absolute Gasteiger partial charge is 0.341 e. The number of aromatic carboxylic acids is 1. The Kier molecular flexibility index (Phi) is 4.80. The third-order valence-corrected chi connectivity index (χ3v) is 7.49. The van der Waals surface area contributed by atoms with E-state index >= 15 is 8.78 Å². The first kappa shape index (κ1) is 20.4. The van der Waals surface area contributed by atoms with Crippen LogP contribution in [0.25, 0.3) is 10.9 Å². The Hall–Kier alpha value is -2.48. The summed E-state index contributed by atoms with van der Waals surface area (Å²) in [7, 11) is 1.91. The molecule has 3 aliphatic rings. The molecule has 0 amide bonds. The molecule has 0 radical (unpaired) electrons. The van der Waals surface area contributed by atoms with Gasteiger partial charge in [0.2, 0.25) is 5.43 Å². The quantitative estimate of drug-likeness (QED) is 0.758. The molecule has 8 heteroatoms. The van der Waals surface area contributed by atoms with Crippen LogP contribution in [0.2, 0.25) is 0 Å². The van der Waals surface area contributed by atoms with Gasteiger partial charge in [-0.05, 0) is 44.7 Å². The number of nitrogens with zero attached hydrogens (tertiary/aromatic N) is 2. The maximum absolute atomic E-state index is 15.9. The second-order valence-electron chi connectivity index (χ2n) is 9.45. The van der Waals surface area contributed by atoms with Crippen LogP contribution in [-0.2, 0) is 0 Å². The Balaban J connectivity index is 1.67. The average molecular weight is 431 g/mol. The minimum atomic E-state index is -1.39. The number of rotatable bonds is 5. The van der Waals surface area contributed by atoms with Crippen LogP contribution in [0.15, 0.2) is 17.1 Å². The molecule has 6 nitrogen and oxygen atoms in total. The van der Waals surface area contributed by atoms with Crippen LogP contribution in [0.5, 0.6) is 0 Å². The normalized spacial score (nSPS) is 25.8. The third-order valence-electron chi connectivity index (χ3n) is 7.49. The molecule has 2 N–H and O–H groups in total. The van der Waals surface area contributed by atoms with Crippen molar-refractivity contribution in [2.24, 2.45) is 11.3 Å². The van der Waals surface area contributed by atoms with E-state index in [0.29, 0.717) is 19.0 Å². The first-order valence-electron chi connectivity index (χ1n) is 11.1. The molecule has 0 unspecified atom stereocenters. The molecule has 2 aromatic rings. The maximum Gasteiger partial charge on any atom is 0.341 e. The number of carboxylic acid groups (broad SMARTS) is 1. The first-order valence-corrected chi connectivity index (χ1v) is 11.1. The SMILES string of the molecule is CNC[C@@]12CCCC[C@@H]1CN(c1c(F)cc3c(=O)c(C(=O)O)cn(C4CC4)c3c1F)C2. The molecule has 0 spiro atoms. The third kappa shape index (κ3) is 3.14. The number of hydrogen-bond donors (Lipinski definition) is 2.